The highest BCUT2D eigenvalue weighted by molar-refractivity contribution is 5.91. The SMILES string of the molecule is CC(C)c1cccc(C(C)C)c1NC(=O)NCC(NCC1CC1)c1ccccc1. The number of hydrogen-bond donors (Lipinski definition) is 3. The Bertz CT molecular complexity index is 771. The zero-order valence-corrected chi connectivity index (χ0v) is 18.2. The molecule has 0 aromatic heterocycles. The second kappa shape index (κ2) is 9.93. The van der Waals surface area contributed by atoms with Gasteiger partial charge in [0.25, 0.3) is 0 Å². The average molecular weight is 394 g/mol. The number of anilines is 1. The molecule has 1 aliphatic carbocycles. The first-order valence-corrected chi connectivity index (χ1v) is 10.9. The van der Waals surface area contributed by atoms with Crippen molar-refractivity contribution in [1.82, 2.24) is 10.6 Å². The number of amides is 2. The highest BCUT2D eigenvalue weighted by atomic mass is 16.2. The molecule has 29 heavy (non-hydrogen) atoms. The van der Waals surface area contributed by atoms with E-state index >= 15 is 0 Å². The van der Waals surface area contributed by atoms with E-state index in [0.29, 0.717) is 18.4 Å². The van der Waals surface area contributed by atoms with E-state index < -0.39 is 0 Å². The average Bonchev–Trinajstić information content (AvgIpc) is 3.53. The third-order valence-corrected chi connectivity index (χ3v) is 5.63. The molecule has 3 N–H and O–H groups in total. The van der Waals surface area contributed by atoms with Gasteiger partial charge in [0.1, 0.15) is 0 Å². The van der Waals surface area contributed by atoms with Crippen molar-refractivity contribution >= 4 is 11.7 Å². The number of para-hydroxylation sites is 1. The summed E-state index contributed by atoms with van der Waals surface area (Å²) in [5.41, 5.74) is 4.52. The van der Waals surface area contributed by atoms with Crippen LogP contribution in [0.4, 0.5) is 10.5 Å². The van der Waals surface area contributed by atoms with Crippen molar-refractivity contribution < 1.29 is 4.79 Å². The highest BCUT2D eigenvalue weighted by Crippen LogP contribution is 2.32. The summed E-state index contributed by atoms with van der Waals surface area (Å²) in [5, 5.41) is 9.88. The maximum absolute atomic E-state index is 12.8. The lowest BCUT2D eigenvalue weighted by Crippen LogP contribution is -2.38. The monoisotopic (exact) mass is 393 g/mol. The van der Waals surface area contributed by atoms with Gasteiger partial charge in [0.15, 0.2) is 0 Å². The molecule has 4 heteroatoms. The van der Waals surface area contributed by atoms with Crippen LogP contribution in [0.5, 0.6) is 0 Å². The summed E-state index contributed by atoms with van der Waals surface area (Å²) in [7, 11) is 0. The fourth-order valence-corrected chi connectivity index (χ4v) is 3.67. The molecule has 2 amide bonds. The first-order valence-electron chi connectivity index (χ1n) is 10.9. The molecule has 1 aliphatic rings. The summed E-state index contributed by atoms with van der Waals surface area (Å²) in [6.07, 6.45) is 2.62. The summed E-state index contributed by atoms with van der Waals surface area (Å²) in [6, 6.07) is 16.6. The smallest absolute Gasteiger partial charge is 0.319 e. The van der Waals surface area contributed by atoms with Gasteiger partial charge in [-0.3, -0.25) is 0 Å². The van der Waals surface area contributed by atoms with E-state index in [0.717, 1.165) is 18.2 Å². The molecule has 0 radical (unpaired) electrons. The number of benzene rings is 2. The minimum atomic E-state index is -0.144. The van der Waals surface area contributed by atoms with Crippen molar-refractivity contribution in [3.05, 3.63) is 65.2 Å². The maximum Gasteiger partial charge on any atom is 0.319 e. The van der Waals surface area contributed by atoms with Gasteiger partial charge in [-0.05, 0) is 53.8 Å². The minimum Gasteiger partial charge on any atom is -0.336 e. The minimum absolute atomic E-state index is 0.118. The zero-order chi connectivity index (χ0) is 20.8. The van der Waals surface area contributed by atoms with Gasteiger partial charge >= 0.3 is 6.03 Å². The fraction of sp³-hybridized carbons (Fsp3) is 0.480. The molecule has 0 saturated heterocycles. The lowest BCUT2D eigenvalue weighted by atomic mass is 9.93. The first-order chi connectivity index (χ1) is 14.0. The first kappa shape index (κ1) is 21.4. The van der Waals surface area contributed by atoms with Crippen LogP contribution in [0.15, 0.2) is 48.5 Å². The van der Waals surface area contributed by atoms with Crippen LogP contribution in [0.3, 0.4) is 0 Å². The summed E-state index contributed by atoms with van der Waals surface area (Å²) < 4.78 is 0. The molecule has 0 spiro atoms. The maximum atomic E-state index is 12.8. The zero-order valence-electron chi connectivity index (χ0n) is 18.2. The van der Waals surface area contributed by atoms with Gasteiger partial charge in [-0.2, -0.15) is 0 Å². The van der Waals surface area contributed by atoms with Crippen LogP contribution in [0.25, 0.3) is 0 Å². The Morgan fingerprint density at radius 1 is 0.931 bits per heavy atom. The molecule has 156 valence electrons. The number of nitrogens with one attached hydrogen (secondary N) is 3. The number of carbonyl (C=O) groups is 1. The molecule has 2 aromatic carbocycles. The van der Waals surface area contributed by atoms with E-state index in [-0.39, 0.29) is 12.1 Å². The molecule has 0 heterocycles. The third kappa shape index (κ3) is 6.07. The molecule has 0 aliphatic heterocycles. The molecule has 1 fully saturated rings. The molecular formula is C25H35N3O. The third-order valence-electron chi connectivity index (χ3n) is 5.63. The number of hydrogen-bond acceptors (Lipinski definition) is 2. The molecule has 0 bridgehead atoms. The second-order valence-corrected chi connectivity index (χ2v) is 8.77. The topological polar surface area (TPSA) is 53.2 Å². The molecule has 1 unspecified atom stereocenters. The van der Waals surface area contributed by atoms with Crippen LogP contribution in [0, 0.1) is 5.92 Å². The number of rotatable bonds is 9. The molecule has 1 saturated carbocycles. The van der Waals surface area contributed by atoms with Crippen LogP contribution < -0.4 is 16.0 Å². The van der Waals surface area contributed by atoms with Crippen molar-refractivity contribution in [3.63, 3.8) is 0 Å². The van der Waals surface area contributed by atoms with E-state index in [2.05, 4.69) is 86.1 Å². The van der Waals surface area contributed by atoms with Gasteiger partial charge in [0.05, 0.1) is 0 Å². The summed E-state index contributed by atoms with van der Waals surface area (Å²) >= 11 is 0. The Labute approximate surface area is 175 Å². The predicted molar refractivity (Wildman–Crippen MR) is 122 cm³/mol. The fourth-order valence-electron chi connectivity index (χ4n) is 3.67. The standard InChI is InChI=1S/C25H35N3O/c1-17(2)21-11-8-12-22(18(3)4)24(21)28-25(29)27-16-23(26-15-19-13-14-19)20-9-6-5-7-10-20/h5-12,17-19,23,26H,13-16H2,1-4H3,(H2,27,28,29). The molecule has 1 atom stereocenters. The van der Waals surface area contributed by atoms with E-state index in [9.17, 15) is 4.79 Å². The van der Waals surface area contributed by atoms with Gasteiger partial charge in [-0.1, -0.05) is 76.2 Å². The molecule has 4 nitrogen and oxygen atoms in total. The van der Waals surface area contributed by atoms with Crippen LogP contribution in [-0.2, 0) is 0 Å². The number of urea groups is 1. The predicted octanol–water partition coefficient (Wildman–Crippen LogP) is 5.80. The molecule has 3 rings (SSSR count). The van der Waals surface area contributed by atoms with Crippen molar-refractivity contribution in [3.8, 4) is 0 Å². The van der Waals surface area contributed by atoms with E-state index in [4.69, 9.17) is 0 Å². The van der Waals surface area contributed by atoms with Gasteiger partial charge < -0.3 is 16.0 Å². The Morgan fingerprint density at radius 2 is 1.55 bits per heavy atom. The van der Waals surface area contributed by atoms with E-state index in [1.807, 2.05) is 6.07 Å². The summed E-state index contributed by atoms with van der Waals surface area (Å²) in [6.45, 7) is 10.2. The Hall–Kier alpha value is -2.33. The summed E-state index contributed by atoms with van der Waals surface area (Å²) in [4.78, 5) is 12.8. The van der Waals surface area contributed by atoms with Gasteiger partial charge in [0.2, 0.25) is 0 Å². The summed E-state index contributed by atoms with van der Waals surface area (Å²) in [5.74, 6) is 1.49. The van der Waals surface area contributed by atoms with Crippen molar-refractivity contribution in [2.45, 2.75) is 58.4 Å². The Balaban J connectivity index is 1.67. The van der Waals surface area contributed by atoms with Crippen LogP contribution in [0.1, 0.15) is 75.1 Å². The lowest BCUT2D eigenvalue weighted by molar-refractivity contribution is 0.250. The van der Waals surface area contributed by atoms with Crippen molar-refractivity contribution in [2.24, 2.45) is 5.92 Å². The van der Waals surface area contributed by atoms with Gasteiger partial charge in [-0.15, -0.1) is 0 Å². The Kier molecular flexibility index (Phi) is 7.32. The Morgan fingerprint density at radius 3 is 2.10 bits per heavy atom. The van der Waals surface area contributed by atoms with Crippen LogP contribution in [0.2, 0.25) is 0 Å². The quantitative estimate of drug-likeness (QED) is 0.504. The second-order valence-electron chi connectivity index (χ2n) is 8.77. The van der Waals surface area contributed by atoms with E-state index in [1.165, 1.54) is 29.5 Å². The van der Waals surface area contributed by atoms with Gasteiger partial charge in [-0.25, -0.2) is 4.79 Å². The normalized spacial score (nSPS) is 14.8. The number of carbonyl (C=O) groups excluding carboxylic acids is 1. The van der Waals surface area contributed by atoms with Crippen molar-refractivity contribution in [2.75, 3.05) is 18.4 Å². The van der Waals surface area contributed by atoms with Crippen molar-refractivity contribution in [1.29, 1.82) is 0 Å². The molecular weight excluding hydrogens is 358 g/mol. The van der Waals surface area contributed by atoms with Crippen LogP contribution >= 0.6 is 0 Å². The lowest BCUT2D eigenvalue weighted by Gasteiger charge is -2.22. The largest absolute Gasteiger partial charge is 0.336 e. The van der Waals surface area contributed by atoms with E-state index in [1.54, 1.807) is 0 Å². The van der Waals surface area contributed by atoms with Gasteiger partial charge in [0, 0.05) is 18.3 Å². The highest BCUT2D eigenvalue weighted by Gasteiger charge is 2.23. The molecule has 2 aromatic rings. The van der Waals surface area contributed by atoms with Crippen LogP contribution in [-0.4, -0.2) is 19.1 Å².